The largest absolute Gasteiger partial charge is 0.486 e. The van der Waals surface area contributed by atoms with Crippen molar-refractivity contribution in [1.82, 2.24) is 0 Å². The standard InChI is InChI=1S/C13H10F3NO/c14-9-2-4-13(11(16)6-9)18-7-8-1-3-12(17)10(15)5-8/h1-6H,7,17H2. The third-order valence-electron chi connectivity index (χ3n) is 2.35. The first-order valence-corrected chi connectivity index (χ1v) is 5.18. The van der Waals surface area contributed by atoms with Crippen molar-refractivity contribution in [2.75, 3.05) is 5.73 Å². The molecule has 18 heavy (non-hydrogen) atoms. The van der Waals surface area contributed by atoms with E-state index in [1.807, 2.05) is 0 Å². The van der Waals surface area contributed by atoms with E-state index >= 15 is 0 Å². The van der Waals surface area contributed by atoms with Crippen LogP contribution >= 0.6 is 0 Å². The van der Waals surface area contributed by atoms with E-state index in [0.29, 0.717) is 5.56 Å². The molecule has 0 spiro atoms. The van der Waals surface area contributed by atoms with Gasteiger partial charge >= 0.3 is 0 Å². The lowest BCUT2D eigenvalue weighted by Crippen LogP contribution is -1.99. The highest BCUT2D eigenvalue weighted by molar-refractivity contribution is 5.41. The number of nitrogen functional groups attached to an aromatic ring is 1. The maximum Gasteiger partial charge on any atom is 0.167 e. The van der Waals surface area contributed by atoms with Gasteiger partial charge in [0.15, 0.2) is 11.6 Å². The highest BCUT2D eigenvalue weighted by Crippen LogP contribution is 2.20. The van der Waals surface area contributed by atoms with Crippen molar-refractivity contribution in [1.29, 1.82) is 0 Å². The monoisotopic (exact) mass is 253 g/mol. The molecule has 0 aromatic heterocycles. The Morgan fingerprint density at radius 3 is 2.39 bits per heavy atom. The molecule has 0 saturated carbocycles. The van der Waals surface area contributed by atoms with Gasteiger partial charge in [-0.2, -0.15) is 0 Å². The minimum Gasteiger partial charge on any atom is -0.486 e. The number of ether oxygens (including phenoxy) is 1. The Balaban J connectivity index is 2.09. The van der Waals surface area contributed by atoms with Gasteiger partial charge in [-0.3, -0.25) is 0 Å². The van der Waals surface area contributed by atoms with Crippen LogP contribution in [0.25, 0.3) is 0 Å². The zero-order chi connectivity index (χ0) is 13.1. The van der Waals surface area contributed by atoms with Crippen LogP contribution < -0.4 is 10.5 Å². The summed E-state index contributed by atoms with van der Waals surface area (Å²) in [6, 6.07) is 7.16. The smallest absolute Gasteiger partial charge is 0.167 e. The van der Waals surface area contributed by atoms with Crippen molar-refractivity contribution in [2.45, 2.75) is 6.61 Å². The molecule has 0 aliphatic heterocycles. The normalized spacial score (nSPS) is 10.4. The topological polar surface area (TPSA) is 35.2 Å². The molecule has 0 heterocycles. The number of hydrogen-bond donors (Lipinski definition) is 1. The van der Waals surface area contributed by atoms with E-state index in [1.165, 1.54) is 18.2 Å². The molecule has 0 saturated heterocycles. The first-order valence-electron chi connectivity index (χ1n) is 5.18. The molecule has 0 bridgehead atoms. The number of anilines is 1. The SMILES string of the molecule is Nc1ccc(COc2ccc(F)cc2F)cc1F. The van der Waals surface area contributed by atoms with Gasteiger partial charge in [-0.05, 0) is 29.8 Å². The van der Waals surface area contributed by atoms with E-state index in [1.54, 1.807) is 6.07 Å². The zero-order valence-electron chi connectivity index (χ0n) is 9.29. The molecular weight excluding hydrogens is 243 g/mol. The quantitative estimate of drug-likeness (QED) is 0.852. The van der Waals surface area contributed by atoms with Gasteiger partial charge in [0.1, 0.15) is 18.2 Å². The van der Waals surface area contributed by atoms with Crippen LogP contribution in [-0.2, 0) is 6.61 Å². The fourth-order valence-corrected chi connectivity index (χ4v) is 1.41. The maximum absolute atomic E-state index is 13.2. The van der Waals surface area contributed by atoms with Crippen LogP contribution in [0.1, 0.15) is 5.56 Å². The fraction of sp³-hybridized carbons (Fsp3) is 0.0769. The van der Waals surface area contributed by atoms with Crippen LogP contribution in [0.15, 0.2) is 36.4 Å². The second-order valence-corrected chi connectivity index (χ2v) is 3.72. The highest BCUT2D eigenvalue weighted by Gasteiger charge is 2.06. The molecule has 0 atom stereocenters. The van der Waals surface area contributed by atoms with E-state index in [4.69, 9.17) is 10.5 Å². The lowest BCUT2D eigenvalue weighted by molar-refractivity contribution is 0.289. The minimum absolute atomic E-state index is 0.0280. The van der Waals surface area contributed by atoms with Gasteiger partial charge in [-0.25, -0.2) is 13.2 Å². The van der Waals surface area contributed by atoms with E-state index in [2.05, 4.69) is 0 Å². The summed E-state index contributed by atoms with van der Waals surface area (Å²) in [4.78, 5) is 0. The van der Waals surface area contributed by atoms with Crippen LogP contribution in [0.4, 0.5) is 18.9 Å². The van der Waals surface area contributed by atoms with Gasteiger partial charge in [-0.15, -0.1) is 0 Å². The second kappa shape index (κ2) is 5.00. The summed E-state index contributed by atoms with van der Waals surface area (Å²) in [5, 5.41) is 0. The molecule has 5 heteroatoms. The lowest BCUT2D eigenvalue weighted by Gasteiger charge is -2.08. The summed E-state index contributed by atoms with van der Waals surface area (Å²) in [5.41, 5.74) is 5.86. The predicted molar refractivity (Wildman–Crippen MR) is 61.5 cm³/mol. The van der Waals surface area contributed by atoms with E-state index in [-0.39, 0.29) is 18.0 Å². The van der Waals surface area contributed by atoms with Crippen molar-refractivity contribution in [3.05, 3.63) is 59.4 Å². The summed E-state index contributed by atoms with van der Waals surface area (Å²) < 4.78 is 44.1. The molecule has 2 aromatic carbocycles. The lowest BCUT2D eigenvalue weighted by atomic mass is 10.2. The van der Waals surface area contributed by atoms with E-state index in [0.717, 1.165) is 12.1 Å². The molecule has 0 radical (unpaired) electrons. The molecule has 2 rings (SSSR count). The summed E-state index contributed by atoms with van der Waals surface area (Å²) >= 11 is 0. The second-order valence-electron chi connectivity index (χ2n) is 3.72. The maximum atomic E-state index is 13.2. The van der Waals surface area contributed by atoms with E-state index < -0.39 is 17.5 Å². The van der Waals surface area contributed by atoms with Crippen LogP contribution in [0.2, 0.25) is 0 Å². The summed E-state index contributed by atoms with van der Waals surface area (Å²) in [6.45, 7) is -0.0280. The van der Waals surface area contributed by atoms with Gasteiger partial charge in [0.25, 0.3) is 0 Å². The Kier molecular flexibility index (Phi) is 3.41. The van der Waals surface area contributed by atoms with Gasteiger partial charge in [0.05, 0.1) is 5.69 Å². The molecule has 94 valence electrons. The molecular formula is C13H10F3NO. The Morgan fingerprint density at radius 2 is 1.72 bits per heavy atom. The molecule has 2 N–H and O–H groups in total. The highest BCUT2D eigenvalue weighted by atomic mass is 19.1. The molecule has 0 unspecified atom stereocenters. The van der Waals surface area contributed by atoms with Crippen molar-refractivity contribution in [3.8, 4) is 5.75 Å². The van der Waals surface area contributed by atoms with E-state index in [9.17, 15) is 13.2 Å². The summed E-state index contributed by atoms with van der Waals surface area (Å²) in [5.74, 6) is -2.13. The molecule has 0 aliphatic carbocycles. The molecule has 0 fully saturated rings. The molecule has 0 aliphatic rings. The predicted octanol–water partition coefficient (Wildman–Crippen LogP) is 3.27. The number of rotatable bonds is 3. The van der Waals surface area contributed by atoms with Gasteiger partial charge in [0, 0.05) is 6.07 Å². The van der Waals surface area contributed by atoms with Crippen molar-refractivity contribution < 1.29 is 17.9 Å². The first-order chi connectivity index (χ1) is 8.56. The average Bonchev–Trinajstić information content (AvgIpc) is 2.32. The van der Waals surface area contributed by atoms with Crippen LogP contribution in [0.5, 0.6) is 5.75 Å². The zero-order valence-corrected chi connectivity index (χ0v) is 9.29. The first kappa shape index (κ1) is 12.3. The summed E-state index contributed by atoms with van der Waals surface area (Å²) in [6.07, 6.45) is 0. The number of halogens is 3. The minimum atomic E-state index is -0.800. The molecule has 0 amide bonds. The Labute approximate surface area is 102 Å². The average molecular weight is 253 g/mol. The Bertz CT molecular complexity index is 572. The van der Waals surface area contributed by atoms with Gasteiger partial charge in [0.2, 0.25) is 0 Å². The Hall–Kier alpha value is -2.17. The molecule has 2 aromatic rings. The third-order valence-corrected chi connectivity index (χ3v) is 2.35. The number of benzene rings is 2. The summed E-state index contributed by atoms with van der Waals surface area (Å²) in [7, 11) is 0. The fourth-order valence-electron chi connectivity index (χ4n) is 1.41. The van der Waals surface area contributed by atoms with Gasteiger partial charge < -0.3 is 10.5 Å². The Morgan fingerprint density at radius 1 is 0.944 bits per heavy atom. The molecule has 2 nitrogen and oxygen atoms in total. The number of hydrogen-bond acceptors (Lipinski definition) is 2. The van der Waals surface area contributed by atoms with Crippen LogP contribution in [-0.4, -0.2) is 0 Å². The van der Waals surface area contributed by atoms with Crippen molar-refractivity contribution in [3.63, 3.8) is 0 Å². The van der Waals surface area contributed by atoms with Crippen molar-refractivity contribution in [2.24, 2.45) is 0 Å². The third kappa shape index (κ3) is 2.74. The van der Waals surface area contributed by atoms with Crippen LogP contribution in [0.3, 0.4) is 0 Å². The van der Waals surface area contributed by atoms with Crippen LogP contribution in [0, 0.1) is 17.5 Å². The van der Waals surface area contributed by atoms with Gasteiger partial charge in [-0.1, -0.05) is 6.07 Å². The van der Waals surface area contributed by atoms with Crippen molar-refractivity contribution >= 4 is 5.69 Å². The number of nitrogens with two attached hydrogens (primary N) is 1.